The van der Waals surface area contributed by atoms with Crippen LogP contribution in [0, 0.1) is 11.8 Å². The van der Waals surface area contributed by atoms with Crippen molar-refractivity contribution in [3.63, 3.8) is 0 Å². The van der Waals surface area contributed by atoms with Crippen molar-refractivity contribution in [3.8, 4) is 0 Å². The molecule has 3 aliphatic rings. The van der Waals surface area contributed by atoms with E-state index in [4.69, 9.17) is 9.47 Å². The van der Waals surface area contributed by atoms with E-state index in [1.165, 1.54) is 11.3 Å². The molecule has 2 fully saturated rings. The monoisotopic (exact) mass is 462 g/mol. The maximum absolute atomic E-state index is 12.5. The van der Waals surface area contributed by atoms with Crippen LogP contribution in [0.1, 0.15) is 59.8 Å². The molecule has 2 heterocycles. The van der Waals surface area contributed by atoms with Gasteiger partial charge in [0, 0.05) is 4.88 Å². The third kappa shape index (κ3) is 4.28. The summed E-state index contributed by atoms with van der Waals surface area (Å²) in [6.07, 6.45) is 5.68. The van der Waals surface area contributed by atoms with Crippen LogP contribution in [0.5, 0.6) is 0 Å². The van der Waals surface area contributed by atoms with Crippen LogP contribution in [0.15, 0.2) is 0 Å². The fourth-order valence-electron chi connectivity index (χ4n) is 4.78. The van der Waals surface area contributed by atoms with Crippen LogP contribution >= 0.6 is 11.3 Å². The highest BCUT2D eigenvalue weighted by Crippen LogP contribution is 2.40. The van der Waals surface area contributed by atoms with Crippen molar-refractivity contribution in [2.24, 2.45) is 11.8 Å². The minimum absolute atomic E-state index is 0.226. The average Bonchev–Trinajstić information content (AvgIpc) is 3.41. The van der Waals surface area contributed by atoms with Gasteiger partial charge < -0.3 is 14.8 Å². The number of hydrogen-bond acceptors (Lipinski definition) is 8. The zero-order chi connectivity index (χ0) is 22.8. The number of imide groups is 1. The summed E-state index contributed by atoms with van der Waals surface area (Å²) in [5.74, 6) is -3.23. The fourth-order valence-corrected chi connectivity index (χ4v) is 6.08. The van der Waals surface area contributed by atoms with Gasteiger partial charge in [0.2, 0.25) is 11.8 Å². The second kappa shape index (κ2) is 9.40. The molecule has 1 aromatic heterocycles. The lowest BCUT2D eigenvalue weighted by Gasteiger charge is -2.19. The molecular weight excluding hydrogens is 436 g/mol. The van der Waals surface area contributed by atoms with Gasteiger partial charge >= 0.3 is 11.9 Å². The summed E-state index contributed by atoms with van der Waals surface area (Å²) in [6.45, 7) is 0.878. The Bertz CT molecular complexity index is 946. The second-order valence-corrected chi connectivity index (χ2v) is 9.36. The number of carbonyl (C=O) groups is 5. The van der Waals surface area contributed by atoms with Crippen LogP contribution in [0.25, 0.3) is 0 Å². The lowest BCUT2D eigenvalue weighted by molar-refractivity contribution is -0.154. The SMILES string of the molecule is CCOC(=O)c1c(NC(=O)COC(=O)CN2C(=O)[C@@H]3CCCC[C@H]3C2=O)sc2c1CCC2. The normalized spacial score (nSPS) is 21.8. The topological polar surface area (TPSA) is 119 Å². The summed E-state index contributed by atoms with van der Waals surface area (Å²) in [6, 6.07) is 0. The molecule has 0 unspecified atom stereocenters. The maximum atomic E-state index is 12.5. The van der Waals surface area contributed by atoms with Gasteiger partial charge in [0.1, 0.15) is 11.5 Å². The summed E-state index contributed by atoms with van der Waals surface area (Å²) in [5.41, 5.74) is 1.29. The first-order valence-corrected chi connectivity index (χ1v) is 11.8. The molecule has 3 amide bonds. The predicted molar refractivity (Wildman–Crippen MR) is 114 cm³/mol. The largest absolute Gasteiger partial charge is 0.462 e. The smallest absolute Gasteiger partial charge is 0.341 e. The van der Waals surface area contributed by atoms with E-state index in [1.807, 2.05) is 0 Å². The predicted octanol–water partition coefficient (Wildman–Crippen LogP) is 2.07. The van der Waals surface area contributed by atoms with E-state index in [2.05, 4.69) is 5.32 Å². The minimum atomic E-state index is -0.820. The van der Waals surface area contributed by atoms with Crippen molar-refractivity contribution in [3.05, 3.63) is 16.0 Å². The molecule has 1 saturated heterocycles. The lowest BCUT2D eigenvalue weighted by Crippen LogP contribution is -2.37. The van der Waals surface area contributed by atoms with Gasteiger partial charge in [0.05, 0.1) is 24.0 Å². The van der Waals surface area contributed by atoms with Crippen LogP contribution in [-0.2, 0) is 41.5 Å². The molecule has 10 heteroatoms. The Kier molecular flexibility index (Phi) is 6.59. The zero-order valence-corrected chi connectivity index (χ0v) is 18.8. The fraction of sp³-hybridized carbons (Fsp3) is 0.591. The van der Waals surface area contributed by atoms with Gasteiger partial charge in [-0.2, -0.15) is 0 Å². The maximum Gasteiger partial charge on any atom is 0.341 e. The number of thiophene rings is 1. The number of anilines is 1. The molecular formula is C22H26N2O7S. The first-order chi connectivity index (χ1) is 15.4. The number of likely N-dealkylation sites (tertiary alicyclic amines) is 1. The highest BCUT2D eigenvalue weighted by Gasteiger charge is 2.48. The molecule has 0 radical (unpaired) electrons. The molecule has 0 spiro atoms. The lowest BCUT2D eigenvalue weighted by atomic mass is 9.81. The van der Waals surface area contributed by atoms with E-state index in [0.29, 0.717) is 23.4 Å². The van der Waals surface area contributed by atoms with E-state index in [0.717, 1.165) is 47.4 Å². The average molecular weight is 463 g/mol. The van der Waals surface area contributed by atoms with Crippen molar-refractivity contribution >= 4 is 46.0 Å². The van der Waals surface area contributed by atoms with Crippen molar-refractivity contribution in [2.45, 2.75) is 51.9 Å². The molecule has 1 aromatic rings. The summed E-state index contributed by atoms with van der Waals surface area (Å²) in [4.78, 5) is 63.9. The molecule has 2 aliphatic carbocycles. The number of amides is 3. The molecule has 0 aromatic carbocycles. The summed E-state index contributed by atoms with van der Waals surface area (Å²) in [5, 5.41) is 3.03. The van der Waals surface area contributed by atoms with Crippen LogP contribution in [0.3, 0.4) is 0 Å². The summed E-state index contributed by atoms with van der Waals surface area (Å²) >= 11 is 1.33. The molecule has 1 saturated carbocycles. The third-order valence-corrected chi connectivity index (χ3v) is 7.44. The number of esters is 2. The first-order valence-electron chi connectivity index (χ1n) is 11.0. The number of rotatable bonds is 7. The van der Waals surface area contributed by atoms with E-state index in [-0.39, 0.29) is 30.3 Å². The van der Waals surface area contributed by atoms with E-state index < -0.39 is 31.0 Å². The van der Waals surface area contributed by atoms with Crippen LogP contribution < -0.4 is 5.32 Å². The van der Waals surface area contributed by atoms with Crippen LogP contribution in [-0.4, -0.2) is 54.3 Å². The Morgan fingerprint density at radius 1 is 1.03 bits per heavy atom. The molecule has 32 heavy (non-hydrogen) atoms. The molecule has 172 valence electrons. The summed E-state index contributed by atoms with van der Waals surface area (Å²) < 4.78 is 10.1. The molecule has 2 atom stereocenters. The Hall–Kier alpha value is -2.75. The quantitative estimate of drug-likeness (QED) is 0.487. The standard InChI is InChI=1S/C22H26N2O7S/c1-2-30-22(29)18-14-8-5-9-15(14)32-19(18)23-16(25)11-31-17(26)10-24-20(27)12-6-3-4-7-13(12)21(24)28/h12-13H,2-11H2,1H3,(H,23,25)/t12-,13-/m1/s1. The van der Waals surface area contributed by atoms with E-state index in [9.17, 15) is 24.0 Å². The number of nitrogens with zero attached hydrogens (tertiary/aromatic N) is 1. The Labute approximate surface area is 189 Å². The third-order valence-electron chi connectivity index (χ3n) is 6.24. The minimum Gasteiger partial charge on any atom is -0.462 e. The van der Waals surface area contributed by atoms with Crippen LogP contribution in [0.2, 0.25) is 0 Å². The number of nitrogens with one attached hydrogen (secondary N) is 1. The van der Waals surface area contributed by atoms with Gasteiger partial charge in [-0.15, -0.1) is 11.3 Å². The van der Waals surface area contributed by atoms with Gasteiger partial charge in [-0.1, -0.05) is 12.8 Å². The van der Waals surface area contributed by atoms with Crippen molar-refractivity contribution in [2.75, 3.05) is 25.1 Å². The molecule has 4 rings (SSSR count). The molecule has 1 aliphatic heterocycles. The molecule has 9 nitrogen and oxygen atoms in total. The van der Waals surface area contributed by atoms with Gasteiger partial charge in [0.25, 0.3) is 5.91 Å². The van der Waals surface area contributed by atoms with Gasteiger partial charge in [-0.05, 0) is 44.6 Å². The van der Waals surface area contributed by atoms with Crippen molar-refractivity contribution < 1.29 is 33.4 Å². The molecule has 0 bridgehead atoms. The zero-order valence-electron chi connectivity index (χ0n) is 17.9. The van der Waals surface area contributed by atoms with Crippen molar-refractivity contribution in [1.29, 1.82) is 0 Å². The number of ether oxygens (including phenoxy) is 2. The molecule has 1 N–H and O–H groups in total. The second-order valence-electron chi connectivity index (χ2n) is 8.25. The first kappa shape index (κ1) is 22.4. The van der Waals surface area contributed by atoms with Gasteiger partial charge in [0.15, 0.2) is 6.61 Å². The van der Waals surface area contributed by atoms with Gasteiger partial charge in [-0.3, -0.25) is 24.1 Å². The number of aryl methyl sites for hydroxylation is 1. The Balaban J connectivity index is 1.33. The summed E-state index contributed by atoms with van der Waals surface area (Å²) in [7, 11) is 0. The number of fused-ring (bicyclic) bond motifs is 2. The Morgan fingerprint density at radius 3 is 2.38 bits per heavy atom. The van der Waals surface area contributed by atoms with Crippen molar-refractivity contribution in [1.82, 2.24) is 4.90 Å². The number of hydrogen-bond donors (Lipinski definition) is 1. The highest BCUT2D eigenvalue weighted by molar-refractivity contribution is 7.17. The Morgan fingerprint density at radius 2 is 1.72 bits per heavy atom. The van der Waals surface area contributed by atoms with Crippen LogP contribution in [0.4, 0.5) is 5.00 Å². The number of carbonyl (C=O) groups excluding carboxylic acids is 5. The van der Waals surface area contributed by atoms with Gasteiger partial charge in [-0.25, -0.2) is 4.79 Å². The van der Waals surface area contributed by atoms with E-state index >= 15 is 0 Å². The van der Waals surface area contributed by atoms with E-state index in [1.54, 1.807) is 6.92 Å². The highest BCUT2D eigenvalue weighted by atomic mass is 32.1.